The third-order valence-corrected chi connectivity index (χ3v) is 3.90. The van der Waals surface area contributed by atoms with E-state index in [-0.39, 0.29) is 24.4 Å². The molecule has 0 aliphatic heterocycles. The molecule has 0 aromatic carbocycles. The van der Waals surface area contributed by atoms with E-state index in [4.69, 9.17) is 10.00 Å². The van der Waals surface area contributed by atoms with Gasteiger partial charge in [0.15, 0.2) is 6.61 Å². The third kappa shape index (κ3) is 4.86. The first-order chi connectivity index (χ1) is 10.4. The Balaban J connectivity index is 2.71. The van der Waals surface area contributed by atoms with Crippen molar-refractivity contribution in [1.82, 2.24) is 5.32 Å². The van der Waals surface area contributed by atoms with Crippen molar-refractivity contribution in [3.63, 3.8) is 0 Å². The summed E-state index contributed by atoms with van der Waals surface area (Å²) in [6.45, 7) is 4.71. The number of nitriles is 1. The molecule has 1 aromatic heterocycles. The zero-order valence-electron chi connectivity index (χ0n) is 12.6. The first kappa shape index (κ1) is 17.7. The molecule has 0 atom stereocenters. The van der Waals surface area contributed by atoms with Gasteiger partial charge in [0.25, 0.3) is 5.91 Å². The Morgan fingerprint density at radius 2 is 2.00 bits per heavy atom. The monoisotopic (exact) mass is 323 g/mol. The van der Waals surface area contributed by atoms with Gasteiger partial charge in [-0.3, -0.25) is 9.59 Å². The molecule has 0 saturated carbocycles. The van der Waals surface area contributed by atoms with Crippen LogP contribution in [0.25, 0.3) is 0 Å². The van der Waals surface area contributed by atoms with Crippen LogP contribution in [-0.2, 0) is 14.3 Å². The highest BCUT2D eigenvalue weighted by atomic mass is 32.1. The van der Waals surface area contributed by atoms with Gasteiger partial charge in [-0.1, -0.05) is 0 Å². The Morgan fingerprint density at radius 3 is 2.59 bits per heavy atom. The van der Waals surface area contributed by atoms with Gasteiger partial charge in [0.2, 0.25) is 5.91 Å². The second kappa shape index (κ2) is 8.14. The molecular weight excluding hydrogens is 306 g/mol. The number of nitrogens with zero attached hydrogens (tertiary/aromatic N) is 1. The smallest absolute Gasteiger partial charge is 0.341 e. The molecule has 1 rings (SSSR count). The number of esters is 1. The van der Waals surface area contributed by atoms with E-state index in [9.17, 15) is 14.4 Å². The van der Waals surface area contributed by atoms with Crippen molar-refractivity contribution in [2.75, 3.05) is 18.5 Å². The van der Waals surface area contributed by atoms with E-state index < -0.39 is 18.5 Å². The molecule has 0 aliphatic rings. The number of aryl methyl sites for hydroxylation is 1. The predicted molar refractivity (Wildman–Crippen MR) is 81.6 cm³/mol. The molecule has 0 aliphatic carbocycles. The van der Waals surface area contributed by atoms with Crippen molar-refractivity contribution in [3.05, 3.63) is 16.0 Å². The Morgan fingerprint density at radius 1 is 1.32 bits per heavy atom. The highest BCUT2D eigenvalue weighted by Gasteiger charge is 2.22. The van der Waals surface area contributed by atoms with Gasteiger partial charge < -0.3 is 15.4 Å². The molecule has 0 saturated heterocycles. The van der Waals surface area contributed by atoms with Gasteiger partial charge in [0, 0.05) is 18.3 Å². The number of amides is 2. The van der Waals surface area contributed by atoms with Crippen LogP contribution in [-0.4, -0.2) is 30.9 Å². The van der Waals surface area contributed by atoms with E-state index in [1.807, 2.05) is 13.0 Å². The fourth-order valence-corrected chi connectivity index (χ4v) is 2.73. The number of rotatable bonds is 6. The summed E-state index contributed by atoms with van der Waals surface area (Å²) < 4.78 is 4.96. The Hall–Kier alpha value is -2.40. The normalized spacial score (nSPS) is 9.73. The van der Waals surface area contributed by atoms with Crippen LogP contribution in [0.2, 0.25) is 0 Å². The maximum absolute atomic E-state index is 12.1. The summed E-state index contributed by atoms with van der Waals surface area (Å²) >= 11 is 1.28. The summed E-state index contributed by atoms with van der Waals surface area (Å²) in [5.74, 6) is -1.43. The van der Waals surface area contributed by atoms with Gasteiger partial charge in [-0.15, -0.1) is 11.3 Å². The average Bonchev–Trinajstić information content (AvgIpc) is 2.70. The maximum atomic E-state index is 12.1. The molecular formula is C14H17N3O4S. The van der Waals surface area contributed by atoms with E-state index >= 15 is 0 Å². The lowest BCUT2D eigenvalue weighted by Crippen LogP contribution is -2.29. The predicted octanol–water partition coefficient (Wildman–Crippen LogP) is 1.51. The van der Waals surface area contributed by atoms with Crippen LogP contribution < -0.4 is 10.6 Å². The van der Waals surface area contributed by atoms with Crippen molar-refractivity contribution in [2.24, 2.45) is 0 Å². The first-order valence-corrected chi connectivity index (χ1v) is 7.36. The second-order valence-electron chi connectivity index (χ2n) is 4.50. The highest BCUT2D eigenvalue weighted by molar-refractivity contribution is 7.16. The number of carbonyl (C=O) groups excluding carboxylic acids is 3. The molecule has 0 fully saturated rings. The lowest BCUT2D eigenvalue weighted by atomic mass is 10.1. The maximum Gasteiger partial charge on any atom is 0.341 e. The van der Waals surface area contributed by atoms with Crippen LogP contribution in [0, 0.1) is 25.2 Å². The number of nitrogens with one attached hydrogen (secondary N) is 2. The number of hydrogen-bond donors (Lipinski definition) is 2. The van der Waals surface area contributed by atoms with Crippen molar-refractivity contribution in [3.8, 4) is 6.07 Å². The Bertz CT molecular complexity index is 631. The van der Waals surface area contributed by atoms with Crippen molar-refractivity contribution >= 4 is 34.1 Å². The van der Waals surface area contributed by atoms with Gasteiger partial charge in [-0.2, -0.15) is 5.26 Å². The van der Waals surface area contributed by atoms with Crippen LogP contribution in [0.5, 0.6) is 0 Å². The molecule has 0 bridgehead atoms. The van der Waals surface area contributed by atoms with Crippen LogP contribution in [0.4, 0.5) is 5.00 Å². The summed E-state index contributed by atoms with van der Waals surface area (Å²) in [5, 5.41) is 13.8. The fourth-order valence-electron chi connectivity index (χ4n) is 1.63. The third-order valence-electron chi connectivity index (χ3n) is 2.77. The Labute approximate surface area is 132 Å². The van der Waals surface area contributed by atoms with E-state index in [1.165, 1.54) is 18.3 Å². The molecule has 1 aromatic rings. The standard InChI is InChI=1S/C14H17N3O4S/c1-8-9(2)22-13(17-10(3)18)12(8)14(20)21-7-11(19)16-6-4-5-15/h4,6-7H2,1-3H3,(H,16,19)(H,17,18). The van der Waals surface area contributed by atoms with Gasteiger partial charge in [-0.05, 0) is 19.4 Å². The molecule has 7 nitrogen and oxygen atoms in total. The number of thiophene rings is 1. The van der Waals surface area contributed by atoms with Gasteiger partial charge in [0.1, 0.15) is 5.00 Å². The molecule has 2 amide bonds. The van der Waals surface area contributed by atoms with Crippen molar-refractivity contribution < 1.29 is 19.1 Å². The summed E-state index contributed by atoms with van der Waals surface area (Å²) in [7, 11) is 0. The van der Waals surface area contributed by atoms with E-state index in [2.05, 4.69) is 10.6 Å². The molecule has 8 heteroatoms. The highest BCUT2D eigenvalue weighted by Crippen LogP contribution is 2.32. The van der Waals surface area contributed by atoms with Crippen LogP contribution in [0.15, 0.2) is 0 Å². The largest absolute Gasteiger partial charge is 0.452 e. The molecule has 22 heavy (non-hydrogen) atoms. The summed E-state index contributed by atoms with van der Waals surface area (Å²) in [5.41, 5.74) is 0.978. The first-order valence-electron chi connectivity index (χ1n) is 6.55. The fraction of sp³-hybridized carbons (Fsp3) is 0.429. The summed E-state index contributed by atoms with van der Waals surface area (Å²) in [6.07, 6.45) is 0.190. The van der Waals surface area contributed by atoms with E-state index in [0.29, 0.717) is 10.6 Å². The van der Waals surface area contributed by atoms with Gasteiger partial charge in [-0.25, -0.2) is 4.79 Å². The van der Waals surface area contributed by atoms with Crippen LogP contribution >= 0.6 is 11.3 Å². The molecule has 0 unspecified atom stereocenters. The lowest BCUT2D eigenvalue weighted by molar-refractivity contribution is -0.124. The minimum Gasteiger partial charge on any atom is -0.452 e. The van der Waals surface area contributed by atoms with Gasteiger partial charge in [0.05, 0.1) is 18.1 Å². The van der Waals surface area contributed by atoms with E-state index in [1.54, 1.807) is 6.92 Å². The van der Waals surface area contributed by atoms with Crippen LogP contribution in [0.3, 0.4) is 0 Å². The lowest BCUT2D eigenvalue weighted by Gasteiger charge is -2.07. The second-order valence-corrected chi connectivity index (χ2v) is 5.73. The summed E-state index contributed by atoms with van der Waals surface area (Å²) in [4.78, 5) is 35.6. The zero-order chi connectivity index (χ0) is 16.7. The molecule has 1 heterocycles. The quantitative estimate of drug-likeness (QED) is 0.609. The van der Waals surface area contributed by atoms with Crippen molar-refractivity contribution in [1.29, 1.82) is 5.26 Å². The number of anilines is 1. The topological polar surface area (TPSA) is 108 Å². The zero-order valence-corrected chi connectivity index (χ0v) is 13.4. The van der Waals surface area contributed by atoms with Gasteiger partial charge >= 0.3 is 5.97 Å². The molecule has 0 radical (unpaired) electrons. The van der Waals surface area contributed by atoms with Crippen LogP contribution in [0.1, 0.15) is 34.1 Å². The number of carbonyl (C=O) groups is 3. The number of hydrogen-bond acceptors (Lipinski definition) is 6. The molecule has 118 valence electrons. The summed E-state index contributed by atoms with van der Waals surface area (Å²) in [6, 6.07) is 1.89. The molecule has 2 N–H and O–H groups in total. The average molecular weight is 323 g/mol. The molecule has 0 spiro atoms. The number of ether oxygens (including phenoxy) is 1. The van der Waals surface area contributed by atoms with E-state index in [0.717, 1.165) is 4.88 Å². The Kier molecular flexibility index (Phi) is 6.53. The minimum absolute atomic E-state index is 0.190. The SMILES string of the molecule is CC(=O)Nc1sc(C)c(C)c1C(=O)OCC(=O)NCCC#N. The minimum atomic E-state index is -0.666. The van der Waals surface area contributed by atoms with Crippen molar-refractivity contribution in [2.45, 2.75) is 27.2 Å².